The minimum Gasteiger partial charge on any atom is -0.218 e. The van der Waals surface area contributed by atoms with Gasteiger partial charge in [0, 0.05) is 19.7 Å². The lowest BCUT2D eigenvalue weighted by Crippen LogP contribution is -2.50. The van der Waals surface area contributed by atoms with E-state index in [2.05, 4.69) is 22.0 Å². The van der Waals surface area contributed by atoms with Gasteiger partial charge in [-0.1, -0.05) is 15.9 Å². The second-order valence-electron chi connectivity index (χ2n) is 3.22. The van der Waals surface area contributed by atoms with Crippen LogP contribution in [0.4, 0.5) is 30.7 Å². The molecular formula is C9H2BrF7I. The van der Waals surface area contributed by atoms with Crippen molar-refractivity contribution in [1.29, 1.82) is 0 Å². The Morgan fingerprint density at radius 1 is 0.944 bits per heavy atom. The molecule has 101 valence electrons. The van der Waals surface area contributed by atoms with E-state index in [-0.39, 0.29) is 8.04 Å². The van der Waals surface area contributed by atoms with Crippen LogP contribution < -0.4 is 0 Å². The zero-order chi connectivity index (χ0) is 14.4. The van der Waals surface area contributed by atoms with Crippen LogP contribution in [0.15, 0.2) is 16.6 Å². The molecule has 0 aliphatic rings. The average Bonchev–Trinajstić information content (AvgIpc) is 2.11. The van der Waals surface area contributed by atoms with E-state index in [9.17, 15) is 30.7 Å². The van der Waals surface area contributed by atoms with Gasteiger partial charge in [0.05, 0.1) is 0 Å². The second kappa shape index (κ2) is 4.80. The Labute approximate surface area is 119 Å². The molecule has 1 radical (unpaired) electrons. The molecule has 0 amide bonds. The van der Waals surface area contributed by atoms with Gasteiger partial charge in [-0.25, -0.2) is 4.39 Å². The Hall–Kier alpha value is -0.0600. The minimum atomic E-state index is -6.10. The molecule has 1 aromatic carbocycles. The van der Waals surface area contributed by atoms with Crippen LogP contribution in [0.5, 0.6) is 0 Å². The van der Waals surface area contributed by atoms with E-state index in [1.165, 1.54) is 22.6 Å². The molecule has 0 atom stereocenters. The molecule has 9 heteroatoms. The normalized spacial score (nSPS) is 13.8. The first-order valence-corrected chi connectivity index (χ1v) is 5.98. The van der Waals surface area contributed by atoms with Crippen molar-refractivity contribution in [3.8, 4) is 0 Å². The van der Waals surface area contributed by atoms with Gasteiger partial charge in [-0.3, -0.25) is 0 Å². The Bertz CT molecular complexity index is 417. The molecule has 0 bridgehead atoms. The predicted octanol–water partition coefficient (Wildman–Crippen LogP) is 5.14. The van der Waals surface area contributed by atoms with Crippen LogP contribution in [0, 0.1) is 9.64 Å². The molecular weight excluding hydrogens is 448 g/mol. The van der Waals surface area contributed by atoms with Gasteiger partial charge in [-0.15, -0.1) is 0 Å². The van der Waals surface area contributed by atoms with Crippen molar-refractivity contribution in [2.45, 2.75) is 18.0 Å². The molecule has 0 saturated heterocycles. The first-order valence-electron chi connectivity index (χ1n) is 4.11. The molecule has 0 nitrogen and oxygen atoms in total. The largest absolute Gasteiger partial charge is 0.435 e. The molecule has 0 fully saturated rings. The van der Waals surface area contributed by atoms with Crippen LogP contribution in [0.25, 0.3) is 0 Å². The van der Waals surface area contributed by atoms with Gasteiger partial charge in [0.25, 0.3) is 0 Å². The summed E-state index contributed by atoms with van der Waals surface area (Å²) in [5, 5.41) is 0. The van der Waals surface area contributed by atoms with Crippen molar-refractivity contribution in [2.24, 2.45) is 0 Å². The highest BCUT2D eigenvalue weighted by Gasteiger charge is 2.73. The third-order valence-electron chi connectivity index (χ3n) is 1.98. The highest BCUT2D eigenvalue weighted by molar-refractivity contribution is 14.1. The molecule has 1 rings (SSSR count). The zero-order valence-corrected chi connectivity index (χ0v) is 11.8. The summed E-state index contributed by atoms with van der Waals surface area (Å²) >= 11 is 4.12. The molecule has 18 heavy (non-hydrogen) atoms. The molecule has 0 aliphatic carbocycles. The molecule has 0 unspecified atom stereocenters. The number of rotatable bonds is 1. The summed E-state index contributed by atoms with van der Waals surface area (Å²) in [5.74, 6) is 0. The number of halogens is 9. The maximum absolute atomic E-state index is 13.6. The summed E-state index contributed by atoms with van der Waals surface area (Å²) in [4.78, 5) is 0. The van der Waals surface area contributed by atoms with Crippen LogP contribution in [-0.2, 0) is 5.67 Å². The van der Waals surface area contributed by atoms with Crippen LogP contribution in [0.3, 0.4) is 0 Å². The van der Waals surface area contributed by atoms with Crippen molar-refractivity contribution >= 4 is 38.5 Å². The van der Waals surface area contributed by atoms with Gasteiger partial charge in [-0.05, 0) is 34.7 Å². The van der Waals surface area contributed by atoms with E-state index in [1.54, 1.807) is 0 Å². The molecule has 0 N–H and O–H groups in total. The molecule has 0 aromatic heterocycles. The topological polar surface area (TPSA) is 0 Å². The van der Waals surface area contributed by atoms with Gasteiger partial charge in [0.15, 0.2) is 0 Å². The molecule has 0 aliphatic heterocycles. The van der Waals surface area contributed by atoms with Crippen molar-refractivity contribution in [2.75, 3.05) is 0 Å². The summed E-state index contributed by atoms with van der Waals surface area (Å²) < 4.78 is 87.9. The molecule has 0 spiro atoms. The zero-order valence-electron chi connectivity index (χ0n) is 8.06. The summed E-state index contributed by atoms with van der Waals surface area (Å²) in [5.41, 5.74) is -6.94. The minimum absolute atomic E-state index is 0.0764. The van der Waals surface area contributed by atoms with Crippen molar-refractivity contribution in [3.05, 3.63) is 31.8 Å². The molecule has 0 saturated carbocycles. The maximum atomic E-state index is 13.6. The van der Waals surface area contributed by atoms with Crippen molar-refractivity contribution < 1.29 is 30.7 Å². The summed E-state index contributed by atoms with van der Waals surface area (Å²) in [6.07, 6.45) is -12.2. The first kappa shape index (κ1) is 16.0. The first-order chi connectivity index (χ1) is 7.89. The van der Waals surface area contributed by atoms with Gasteiger partial charge >= 0.3 is 18.0 Å². The lowest BCUT2D eigenvalue weighted by Gasteiger charge is -2.30. The fraction of sp³-hybridized carbons (Fsp3) is 0.333. The van der Waals surface area contributed by atoms with E-state index >= 15 is 0 Å². The van der Waals surface area contributed by atoms with Gasteiger partial charge in [0.2, 0.25) is 0 Å². The fourth-order valence-electron chi connectivity index (χ4n) is 1.19. The van der Waals surface area contributed by atoms with E-state index < -0.39 is 23.6 Å². The van der Waals surface area contributed by atoms with E-state index in [0.717, 1.165) is 0 Å². The average molecular weight is 450 g/mol. The molecule has 1 aromatic rings. The highest BCUT2D eigenvalue weighted by Crippen LogP contribution is 2.53. The van der Waals surface area contributed by atoms with Gasteiger partial charge in [-0.2, -0.15) is 26.3 Å². The van der Waals surface area contributed by atoms with Crippen molar-refractivity contribution in [1.82, 2.24) is 0 Å². The van der Waals surface area contributed by atoms with Crippen LogP contribution in [0.2, 0.25) is 0 Å². The van der Waals surface area contributed by atoms with Gasteiger partial charge < -0.3 is 0 Å². The van der Waals surface area contributed by atoms with Crippen molar-refractivity contribution in [3.63, 3.8) is 0 Å². The third kappa shape index (κ3) is 2.75. The number of hydrogen-bond acceptors (Lipinski definition) is 0. The Balaban J connectivity index is 3.55. The Morgan fingerprint density at radius 3 is 1.72 bits per heavy atom. The van der Waals surface area contributed by atoms with Crippen LogP contribution >= 0.6 is 38.5 Å². The Kier molecular flexibility index (Phi) is 4.27. The SMILES string of the molecule is FC(F)(F)C(F)(c1cc(Br)[c]c(I)c1)C(F)(F)F. The summed E-state index contributed by atoms with van der Waals surface area (Å²) in [7, 11) is 0. The number of alkyl halides is 7. The predicted molar refractivity (Wildman–Crippen MR) is 60.6 cm³/mol. The van der Waals surface area contributed by atoms with Crippen LogP contribution in [0.1, 0.15) is 5.56 Å². The van der Waals surface area contributed by atoms with Gasteiger partial charge in [0.1, 0.15) is 0 Å². The number of hydrogen-bond donors (Lipinski definition) is 0. The highest BCUT2D eigenvalue weighted by atomic mass is 127. The fourth-order valence-corrected chi connectivity index (χ4v) is 2.64. The lowest BCUT2D eigenvalue weighted by atomic mass is 9.94. The van der Waals surface area contributed by atoms with Crippen LogP contribution in [-0.4, -0.2) is 12.4 Å². The van der Waals surface area contributed by atoms with E-state index in [0.29, 0.717) is 12.1 Å². The second-order valence-corrected chi connectivity index (χ2v) is 5.24. The third-order valence-corrected chi connectivity index (χ3v) is 2.99. The smallest absolute Gasteiger partial charge is 0.218 e. The van der Waals surface area contributed by atoms with E-state index in [1.807, 2.05) is 0 Å². The molecule has 0 heterocycles. The maximum Gasteiger partial charge on any atom is 0.435 e. The lowest BCUT2D eigenvalue weighted by molar-refractivity contribution is -0.348. The monoisotopic (exact) mass is 449 g/mol. The number of benzene rings is 1. The Morgan fingerprint density at radius 2 is 1.39 bits per heavy atom. The standard InChI is InChI=1S/C9H2BrF7I/c10-5-1-4(2-6(18)3-5)7(11,8(12,13)14)9(15,16)17/h1-2H. The summed E-state index contributed by atoms with van der Waals surface area (Å²) in [6, 6.07) is 3.24. The quantitative estimate of drug-likeness (QED) is 0.411. The summed E-state index contributed by atoms with van der Waals surface area (Å²) in [6.45, 7) is 0. The van der Waals surface area contributed by atoms with E-state index in [4.69, 9.17) is 0 Å².